The van der Waals surface area contributed by atoms with Crippen molar-refractivity contribution in [3.8, 4) is 11.3 Å². The van der Waals surface area contributed by atoms with Crippen LogP contribution in [0.2, 0.25) is 0 Å². The minimum atomic E-state index is -1.10. The number of anilines is 1. The van der Waals surface area contributed by atoms with E-state index in [4.69, 9.17) is 9.52 Å². The lowest BCUT2D eigenvalue weighted by atomic mass is 10.1. The third-order valence-corrected chi connectivity index (χ3v) is 3.54. The van der Waals surface area contributed by atoms with Gasteiger partial charge in [-0.3, -0.25) is 14.9 Å². The number of benzene rings is 2. The summed E-state index contributed by atoms with van der Waals surface area (Å²) in [7, 11) is 0. The van der Waals surface area contributed by atoms with Crippen molar-refractivity contribution in [1.29, 1.82) is 0 Å². The maximum atomic E-state index is 12.3. The van der Waals surface area contributed by atoms with Gasteiger partial charge in [-0.05, 0) is 30.3 Å². The number of nitro benzene ring substituents is 1. The van der Waals surface area contributed by atoms with Crippen LogP contribution in [0.3, 0.4) is 0 Å². The van der Waals surface area contributed by atoms with Crippen LogP contribution < -0.4 is 5.32 Å². The molecule has 0 fully saturated rings. The Morgan fingerprint density at radius 2 is 1.81 bits per heavy atom. The quantitative estimate of drug-likeness (QED) is 0.532. The van der Waals surface area contributed by atoms with E-state index in [9.17, 15) is 19.7 Å². The molecule has 0 saturated heterocycles. The van der Waals surface area contributed by atoms with Crippen molar-refractivity contribution in [2.45, 2.75) is 0 Å². The number of amides is 1. The van der Waals surface area contributed by atoms with E-state index in [2.05, 4.69) is 5.32 Å². The van der Waals surface area contributed by atoms with E-state index in [0.717, 1.165) is 0 Å². The van der Waals surface area contributed by atoms with Crippen LogP contribution in [-0.4, -0.2) is 21.9 Å². The van der Waals surface area contributed by atoms with Crippen LogP contribution >= 0.6 is 0 Å². The molecule has 3 aromatic rings. The lowest BCUT2D eigenvalue weighted by Crippen LogP contribution is -2.11. The van der Waals surface area contributed by atoms with Crippen molar-refractivity contribution < 1.29 is 24.0 Å². The van der Waals surface area contributed by atoms with Gasteiger partial charge in [0.15, 0.2) is 5.76 Å². The number of carboxylic acid groups (broad SMARTS) is 1. The molecule has 0 radical (unpaired) electrons. The number of hydrogen-bond acceptors (Lipinski definition) is 5. The molecule has 0 unspecified atom stereocenters. The van der Waals surface area contributed by atoms with Gasteiger partial charge in [-0.15, -0.1) is 0 Å². The van der Waals surface area contributed by atoms with Crippen molar-refractivity contribution >= 4 is 23.3 Å². The van der Waals surface area contributed by atoms with Gasteiger partial charge in [0.2, 0.25) is 0 Å². The Kier molecular flexibility index (Phi) is 4.48. The fourth-order valence-corrected chi connectivity index (χ4v) is 2.31. The zero-order chi connectivity index (χ0) is 18.7. The van der Waals surface area contributed by atoms with E-state index < -0.39 is 16.8 Å². The van der Waals surface area contributed by atoms with Crippen molar-refractivity contribution in [3.63, 3.8) is 0 Å². The summed E-state index contributed by atoms with van der Waals surface area (Å²) in [6.45, 7) is 0. The number of aromatic carboxylic acids is 1. The summed E-state index contributed by atoms with van der Waals surface area (Å²) < 4.78 is 5.47. The lowest BCUT2D eigenvalue weighted by Gasteiger charge is -2.04. The first-order valence-electron chi connectivity index (χ1n) is 7.43. The highest BCUT2D eigenvalue weighted by Gasteiger charge is 2.15. The Morgan fingerprint density at radius 1 is 1.04 bits per heavy atom. The fourth-order valence-electron chi connectivity index (χ4n) is 2.31. The first-order chi connectivity index (χ1) is 12.4. The number of nitro groups is 1. The van der Waals surface area contributed by atoms with Crippen LogP contribution in [0, 0.1) is 10.1 Å². The Bertz CT molecular complexity index is 1010. The number of nitrogens with one attached hydrogen (secondary N) is 1. The molecule has 1 amide bonds. The second-order valence-electron chi connectivity index (χ2n) is 5.31. The maximum absolute atomic E-state index is 12.3. The average molecular weight is 352 g/mol. The highest BCUT2D eigenvalue weighted by molar-refractivity contribution is 6.03. The van der Waals surface area contributed by atoms with Gasteiger partial charge in [-0.2, -0.15) is 0 Å². The SMILES string of the molecule is O=C(O)c1cccc(NC(=O)c2ccc(-c3cccc([N+](=O)[O-])c3)o2)c1. The van der Waals surface area contributed by atoms with Crippen LogP contribution in [0.25, 0.3) is 11.3 Å². The number of carbonyl (C=O) groups is 2. The molecular formula is C18H12N2O6. The molecule has 0 atom stereocenters. The Balaban J connectivity index is 1.80. The van der Waals surface area contributed by atoms with E-state index in [-0.39, 0.29) is 17.0 Å². The van der Waals surface area contributed by atoms with Crippen LogP contribution in [0.1, 0.15) is 20.9 Å². The van der Waals surface area contributed by atoms with Crippen LogP contribution in [0.15, 0.2) is 65.1 Å². The predicted molar refractivity (Wildman–Crippen MR) is 92.2 cm³/mol. The van der Waals surface area contributed by atoms with Gasteiger partial charge < -0.3 is 14.8 Å². The van der Waals surface area contributed by atoms with E-state index in [1.807, 2.05) is 0 Å². The highest BCUT2D eigenvalue weighted by Crippen LogP contribution is 2.26. The summed E-state index contributed by atoms with van der Waals surface area (Å²) in [5.41, 5.74) is 0.726. The summed E-state index contributed by atoms with van der Waals surface area (Å²) in [6.07, 6.45) is 0. The molecule has 26 heavy (non-hydrogen) atoms. The Hall–Kier alpha value is -3.94. The van der Waals surface area contributed by atoms with Gasteiger partial charge in [0.05, 0.1) is 10.5 Å². The van der Waals surface area contributed by atoms with Gasteiger partial charge in [-0.1, -0.05) is 18.2 Å². The number of hydrogen-bond donors (Lipinski definition) is 2. The summed E-state index contributed by atoms with van der Waals surface area (Å²) in [5, 5.41) is 22.4. The molecule has 8 heteroatoms. The normalized spacial score (nSPS) is 10.3. The minimum Gasteiger partial charge on any atom is -0.478 e. The molecule has 1 heterocycles. The van der Waals surface area contributed by atoms with Gasteiger partial charge >= 0.3 is 5.97 Å². The largest absolute Gasteiger partial charge is 0.478 e. The van der Waals surface area contributed by atoms with Crippen molar-refractivity contribution in [2.75, 3.05) is 5.32 Å². The fraction of sp³-hybridized carbons (Fsp3) is 0. The van der Waals surface area contributed by atoms with E-state index >= 15 is 0 Å². The number of non-ortho nitro benzene ring substituents is 1. The Labute approximate surface area is 146 Å². The molecule has 130 valence electrons. The molecule has 0 bridgehead atoms. The zero-order valence-corrected chi connectivity index (χ0v) is 13.2. The average Bonchev–Trinajstić information content (AvgIpc) is 3.12. The second-order valence-corrected chi connectivity index (χ2v) is 5.31. The monoisotopic (exact) mass is 352 g/mol. The van der Waals surface area contributed by atoms with Crippen molar-refractivity contribution in [1.82, 2.24) is 0 Å². The third-order valence-electron chi connectivity index (χ3n) is 3.54. The lowest BCUT2D eigenvalue weighted by molar-refractivity contribution is -0.384. The maximum Gasteiger partial charge on any atom is 0.335 e. The molecule has 0 aliphatic carbocycles. The summed E-state index contributed by atoms with van der Waals surface area (Å²) in [6, 6.07) is 14.6. The first-order valence-corrected chi connectivity index (χ1v) is 7.43. The number of rotatable bonds is 5. The van der Waals surface area contributed by atoms with E-state index in [1.54, 1.807) is 12.1 Å². The van der Waals surface area contributed by atoms with Gasteiger partial charge in [0.1, 0.15) is 5.76 Å². The first kappa shape index (κ1) is 16.9. The molecule has 0 aliphatic heterocycles. The molecular weight excluding hydrogens is 340 g/mol. The zero-order valence-electron chi connectivity index (χ0n) is 13.2. The van der Waals surface area contributed by atoms with E-state index in [1.165, 1.54) is 48.5 Å². The Morgan fingerprint density at radius 3 is 2.54 bits per heavy atom. The van der Waals surface area contributed by atoms with Crippen LogP contribution in [0.4, 0.5) is 11.4 Å². The molecule has 0 spiro atoms. The van der Waals surface area contributed by atoms with E-state index in [0.29, 0.717) is 17.0 Å². The number of carboxylic acids is 1. The topological polar surface area (TPSA) is 123 Å². The standard InChI is InChI=1S/C18H12N2O6/c21-17(19-13-5-1-4-12(9-13)18(22)23)16-8-7-15(26-16)11-3-2-6-14(10-11)20(24)25/h1-10H,(H,19,21)(H,22,23). The molecule has 8 nitrogen and oxygen atoms in total. The number of nitrogens with zero attached hydrogens (tertiary/aromatic N) is 1. The van der Waals surface area contributed by atoms with Crippen molar-refractivity contribution in [3.05, 3.63) is 82.1 Å². The highest BCUT2D eigenvalue weighted by atomic mass is 16.6. The summed E-state index contributed by atoms with van der Waals surface area (Å²) >= 11 is 0. The van der Waals surface area contributed by atoms with Crippen molar-refractivity contribution in [2.24, 2.45) is 0 Å². The number of furan rings is 1. The summed E-state index contributed by atoms with van der Waals surface area (Å²) in [4.78, 5) is 33.5. The second kappa shape index (κ2) is 6.89. The van der Waals surface area contributed by atoms with Crippen LogP contribution in [0.5, 0.6) is 0 Å². The summed E-state index contributed by atoms with van der Waals surface area (Å²) in [5.74, 6) is -1.37. The molecule has 3 rings (SSSR count). The molecule has 0 aliphatic rings. The minimum absolute atomic E-state index is 0.00719. The predicted octanol–water partition coefficient (Wildman–Crippen LogP) is 3.81. The van der Waals surface area contributed by atoms with Gasteiger partial charge in [0, 0.05) is 23.4 Å². The van der Waals surface area contributed by atoms with Gasteiger partial charge in [0.25, 0.3) is 11.6 Å². The number of carbonyl (C=O) groups excluding carboxylic acids is 1. The molecule has 1 aromatic heterocycles. The van der Waals surface area contributed by atoms with Crippen LogP contribution in [-0.2, 0) is 0 Å². The molecule has 2 N–H and O–H groups in total. The smallest absolute Gasteiger partial charge is 0.335 e. The molecule has 2 aromatic carbocycles. The third kappa shape index (κ3) is 3.59. The molecule has 0 saturated carbocycles. The van der Waals surface area contributed by atoms with Gasteiger partial charge in [-0.25, -0.2) is 4.79 Å².